The number of hydrogen-bond acceptors (Lipinski definition) is 4. The number of thioether (sulfide) groups is 1. The number of amides is 3. The lowest BCUT2D eigenvalue weighted by Gasteiger charge is -2.13. The van der Waals surface area contributed by atoms with Crippen LogP contribution >= 0.6 is 11.8 Å². The smallest absolute Gasteiger partial charge is 0.272 e. The molecule has 0 fully saturated rings. The van der Waals surface area contributed by atoms with Crippen molar-refractivity contribution < 1.29 is 18.8 Å². The first-order valence-electron chi connectivity index (χ1n) is 13.1. The molecule has 42 heavy (non-hydrogen) atoms. The highest BCUT2D eigenvalue weighted by molar-refractivity contribution is 8.00. The van der Waals surface area contributed by atoms with Crippen molar-refractivity contribution in [3.05, 3.63) is 144 Å². The summed E-state index contributed by atoms with van der Waals surface area (Å²) in [4.78, 5) is 39.7. The fraction of sp³-hybridized carbons (Fsp3) is 0.0294. The highest BCUT2D eigenvalue weighted by atomic mass is 32.2. The van der Waals surface area contributed by atoms with E-state index in [2.05, 4.69) is 16.0 Å². The normalized spacial score (nSPS) is 11.1. The van der Waals surface area contributed by atoms with Crippen LogP contribution in [0, 0.1) is 5.82 Å². The maximum atomic E-state index is 13.5. The molecule has 0 aliphatic carbocycles. The zero-order chi connectivity index (χ0) is 29.3. The Bertz CT molecular complexity index is 1770. The predicted molar refractivity (Wildman–Crippen MR) is 167 cm³/mol. The van der Waals surface area contributed by atoms with Crippen molar-refractivity contribution in [1.82, 2.24) is 5.32 Å². The van der Waals surface area contributed by atoms with Crippen molar-refractivity contribution in [3.8, 4) is 0 Å². The molecule has 0 aliphatic heterocycles. The Hall–Kier alpha value is -5.21. The highest BCUT2D eigenvalue weighted by Crippen LogP contribution is 2.24. The van der Waals surface area contributed by atoms with E-state index in [1.807, 2.05) is 54.6 Å². The van der Waals surface area contributed by atoms with Crippen LogP contribution < -0.4 is 16.0 Å². The van der Waals surface area contributed by atoms with Crippen LogP contribution in [-0.4, -0.2) is 23.5 Å². The molecule has 0 bridgehead atoms. The molecule has 0 heterocycles. The summed E-state index contributed by atoms with van der Waals surface area (Å²) in [6.07, 6.45) is 1.66. The molecule has 3 amide bonds. The van der Waals surface area contributed by atoms with Crippen LogP contribution in [0.4, 0.5) is 15.8 Å². The molecule has 0 unspecified atom stereocenters. The van der Waals surface area contributed by atoms with E-state index in [4.69, 9.17) is 0 Å². The van der Waals surface area contributed by atoms with Gasteiger partial charge in [-0.15, -0.1) is 11.8 Å². The van der Waals surface area contributed by atoms with Gasteiger partial charge in [0.2, 0.25) is 5.91 Å². The highest BCUT2D eigenvalue weighted by Gasteiger charge is 2.16. The summed E-state index contributed by atoms with van der Waals surface area (Å²) in [5.41, 5.74) is 2.29. The molecule has 0 saturated carbocycles. The zero-order valence-corrected chi connectivity index (χ0v) is 23.2. The zero-order valence-electron chi connectivity index (χ0n) is 22.3. The van der Waals surface area contributed by atoms with Gasteiger partial charge in [-0.3, -0.25) is 14.4 Å². The predicted octanol–water partition coefficient (Wildman–Crippen LogP) is 7.12. The molecule has 3 N–H and O–H groups in total. The number of carbonyl (C=O) groups is 3. The molecule has 0 radical (unpaired) electrons. The summed E-state index contributed by atoms with van der Waals surface area (Å²) < 4.78 is 13.1. The van der Waals surface area contributed by atoms with E-state index in [1.54, 1.807) is 48.5 Å². The Morgan fingerprint density at radius 2 is 1.43 bits per heavy atom. The minimum Gasteiger partial charge on any atom is -0.325 e. The summed E-state index contributed by atoms with van der Waals surface area (Å²) >= 11 is 1.29. The molecule has 0 aliphatic rings. The Balaban J connectivity index is 1.33. The van der Waals surface area contributed by atoms with Crippen molar-refractivity contribution in [1.29, 1.82) is 0 Å². The average molecular weight is 576 g/mol. The molecule has 5 aromatic carbocycles. The third-order valence-electron chi connectivity index (χ3n) is 6.24. The van der Waals surface area contributed by atoms with Gasteiger partial charge in [-0.05, 0) is 77.0 Å². The quantitative estimate of drug-likeness (QED) is 0.129. The maximum absolute atomic E-state index is 13.5. The summed E-state index contributed by atoms with van der Waals surface area (Å²) in [6, 6.07) is 34.9. The van der Waals surface area contributed by atoms with Crippen LogP contribution in [0.1, 0.15) is 15.9 Å². The second-order valence-electron chi connectivity index (χ2n) is 9.27. The monoisotopic (exact) mass is 575 g/mol. The largest absolute Gasteiger partial charge is 0.325 e. The van der Waals surface area contributed by atoms with Crippen molar-refractivity contribution in [3.63, 3.8) is 0 Å². The second-order valence-corrected chi connectivity index (χ2v) is 10.3. The Morgan fingerprint density at radius 1 is 0.714 bits per heavy atom. The van der Waals surface area contributed by atoms with E-state index < -0.39 is 11.8 Å². The molecule has 208 valence electrons. The Kier molecular flexibility index (Phi) is 9.06. The fourth-order valence-electron chi connectivity index (χ4n) is 4.22. The van der Waals surface area contributed by atoms with E-state index >= 15 is 0 Å². The van der Waals surface area contributed by atoms with Gasteiger partial charge in [0.25, 0.3) is 11.8 Å². The summed E-state index contributed by atoms with van der Waals surface area (Å²) in [7, 11) is 0. The van der Waals surface area contributed by atoms with Gasteiger partial charge in [-0.25, -0.2) is 4.39 Å². The number of hydrogen-bond donors (Lipinski definition) is 3. The number of rotatable bonds is 9. The van der Waals surface area contributed by atoms with Crippen LogP contribution in [0.15, 0.2) is 132 Å². The summed E-state index contributed by atoms with van der Waals surface area (Å²) in [5, 5.41) is 10.3. The van der Waals surface area contributed by atoms with Gasteiger partial charge in [0.15, 0.2) is 0 Å². The third kappa shape index (κ3) is 7.50. The fourth-order valence-corrected chi connectivity index (χ4v) is 4.97. The number of halogens is 1. The van der Waals surface area contributed by atoms with Crippen molar-refractivity contribution in [2.45, 2.75) is 4.90 Å². The van der Waals surface area contributed by atoms with E-state index in [0.29, 0.717) is 16.9 Å². The molecule has 5 aromatic rings. The molecule has 0 aromatic heterocycles. The van der Waals surface area contributed by atoms with Gasteiger partial charge in [-0.1, -0.05) is 66.7 Å². The molecular formula is C34H26FN3O3S. The standard InChI is InChI=1S/C34H26FN3O3S/c35-26-16-18-27(19-17-26)36-32(39)22-42-29-14-7-13-28(21-29)37-34(41)31(38-33(40)24-9-2-1-3-10-24)20-25-12-6-11-23-8-4-5-15-30(23)25/h1-21H,22H2,(H,36,39)(H,37,41)(H,38,40)/b31-20+. The number of fused-ring (bicyclic) bond motifs is 1. The molecule has 0 atom stereocenters. The number of carbonyl (C=O) groups excluding carboxylic acids is 3. The number of nitrogens with one attached hydrogen (secondary N) is 3. The minimum atomic E-state index is -0.497. The molecule has 0 spiro atoms. The van der Waals surface area contributed by atoms with Gasteiger partial charge >= 0.3 is 0 Å². The van der Waals surface area contributed by atoms with Gasteiger partial charge in [0.05, 0.1) is 5.75 Å². The first kappa shape index (κ1) is 28.3. The lowest BCUT2D eigenvalue weighted by molar-refractivity contribution is -0.114. The average Bonchev–Trinajstić information content (AvgIpc) is 3.01. The Labute approximate surface area is 246 Å². The lowest BCUT2D eigenvalue weighted by atomic mass is 10.0. The Morgan fingerprint density at radius 3 is 2.24 bits per heavy atom. The van der Waals surface area contributed by atoms with Gasteiger partial charge in [0.1, 0.15) is 11.5 Å². The topological polar surface area (TPSA) is 87.3 Å². The first-order chi connectivity index (χ1) is 20.4. The van der Waals surface area contributed by atoms with Crippen LogP contribution in [0.25, 0.3) is 16.8 Å². The van der Waals surface area contributed by atoms with Crippen molar-refractivity contribution in [2.24, 2.45) is 0 Å². The summed E-state index contributed by atoms with van der Waals surface area (Å²) in [6.45, 7) is 0. The molecule has 6 nitrogen and oxygen atoms in total. The van der Waals surface area contributed by atoms with Crippen molar-refractivity contribution >= 4 is 57.7 Å². The van der Waals surface area contributed by atoms with E-state index in [9.17, 15) is 18.8 Å². The third-order valence-corrected chi connectivity index (χ3v) is 7.24. The molecule has 8 heteroatoms. The SMILES string of the molecule is O=C(CSc1cccc(NC(=O)/C(=C\c2cccc3ccccc23)NC(=O)c2ccccc2)c1)Nc1ccc(F)cc1. The molecular weight excluding hydrogens is 549 g/mol. The molecule has 5 rings (SSSR count). The van der Waals surface area contributed by atoms with Crippen LogP contribution in [0.3, 0.4) is 0 Å². The van der Waals surface area contributed by atoms with Crippen LogP contribution in [0.2, 0.25) is 0 Å². The lowest BCUT2D eigenvalue weighted by Crippen LogP contribution is -2.30. The van der Waals surface area contributed by atoms with Gasteiger partial charge < -0.3 is 16.0 Å². The number of anilines is 2. The van der Waals surface area contributed by atoms with Crippen molar-refractivity contribution in [2.75, 3.05) is 16.4 Å². The first-order valence-corrected chi connectivity index (χ1v) is 14.1. The van der Waals surface area contributed by atoms with Gasteiger partial charge in [0, 0.05) is 21.8 Å². The van der Waals surface area contributed by atoms with E-state index in [0.717, 1.165) is 21.2 Å². The maximum Gasteiger partial charge on any atom is 0.272 e. The summed E-state index contributed by atoms with van der Waals surface area (Å²) in [5.74, 6) is -1.41. The molecule has 0 saturated heterocycles. The van der Waals surface area contributed by atoms with Crippen LogP contribution in [-0.2, 0) is 9.59 Å². The minimum absolute atomic E-state index is 0.0805. The van der Waals surface area contributed by atoms with E-state index in [-0.39, 0.29) is 23.2 Å². The number of benzene rings is 5. The second kappa shape index (κ2) is 13.4. The van der Waals surface area contributed by atoms with E-state index in [1.165, 1.54) is 36.0 Å². The van der Waals surface area contributed by atoms with Crippen LogP contribution in [0.5, 0.6) is 0 Å². The van der Waals surface area contributed by atoms with Gasteiger partial charge in [-0.2, -0.15) is 0 Å².